The SMILES string of the molecule is C=C1[C@@H](O)[C@H](O[C@@H]2O[C@H](CO)[C@@H](O)[C@H](O)[C@H]2O)C[C@]2(C)CC[C@@H](C(C)(C)O[C@@H]3O[C@H](CO)[C@@H](O)[C@H](O)[C@H]3O)C[C@@H]12. The van der Waals surface area contributed by atoms with Crippen molar-refractivity contribution in [2.75, 3.05) is 13.2 Å². The minimum atomic E-state index is -1.59. The number of aliphatic hydroxyl groups excluding tert-OH is 9. The van der Waals surface area contributed by atoms with E-state index in [0.29, 0.717) is 31.3 Å². The first-order valence-electron chi connectivity index (χ1n) is 14.0. The average molecular weight is 579 g/mol. The predicted octanol–water partition coefficient (Wildman–Crippen LogP) is -2.49. The fourth-order valence-electron chi connectivity index (χ4n) is 6.89. The lowest BCUT2D eigenvalue weighted by atomic mass is 9.54. The van der Waals surface area contributed by atoms with Crippen LogP contribution < -0.4 is 0 Å². The normalized spacial score (nSPS) is 50.5. The fourth-order valence-corrected chi connectivity index (χ4v) is 6.89. The number of ether oxygens (including phenoxy) is 4. The van der Waals surface area contributed by atoms with Crippen molar-refractivity contribution in [3.8, 4) is 0 Å². The Balaban J connectivity index is 1.43. The van der Waals surface area contributed by atoms with Crippen LogP contribution in [-0.4, -0.2) is 138 Å². The van der Waals surface area contributed by atoms with E-state index in [1.165, 1.54) is 0 Å². The third-order valence-corrected chi connectivity index (χ3v) is 9.68. The molecule has 4 aliphatic rings. The summed E-state index contributed by atoms with van der Waals surface area (Å²) in [5, 5.41) is 91.4. The third kappa shape index (κ3) is 5.87. The number of hydrogen-bond acceptors (Lipinski definition) is 13. The van der Waals surface area contributed by atoms with Crippen LogP contribution in [0.5, 0.6) is 0 Å². The van der Waals surface area contributed by atoms with Crippen LogP contribution in [0.25, 0.3) is 0 Å². The second-order valence-corrected chi connectivity index (χ2v) is 12.7. The van der Waals surface area contributed by atoms with Gasteiger partial charge in [-0.1, -0.05) is 13.5 Å². The first kappa shape index (κ1) is 32.1. The van der Waals surface area contributed by atoms with E-state index < -0.39 is 92.4 Å². The molecule has 0 aromatic heterocycles. The van der Waals surface area contributed by atoms with Gasteiger partial charge in [0.1, 0.15) is 54.9 Å². The molecule has 2 aliphatic heterocycles. The van der Waals surface area contributed by atoms with Crippen LogP contribution in [0, 0.1) is 17.3 Å². The second-order valence-electron chi connectivity index (χ2n) is 12.7. The van der Waals surface area contributed by atoms with Gasteiger partial charge in [-0.25, -0.2) is 0 Å². The van der Waals surface area contributed by atoms with Crippen LogP contribution in [-0.2, 0) is 18.9 Å². The monoisotopic (exact) mass is 578 g/mol. The highest BCUT2D eigenvalue weighted by Gasteiger charge is 2.55. The fraction of sp³-hybridized carbons (Fsp3) is 0.926. The van der Waals surface area contributed by atoms with Gasteiger partial charge >= 0.3 is 0 Å². The van der Waals surface area contributed by atoms with Gasteiger partial charge in [0.2, 0.25) is 0 Å². The molecule has 40 heavy (non-hydrogen) atoms. The quantitative estimate of drug-likeness (QED) is 0.113. The maximum atomic E-state index is 11.2. The minimum absolute atomic E-state index is 0.0650. The maximum absolute atomic E-state index is 11.2. The van der Waals surface area contributed by atoms with E-state index in [1.807, 2.05) is 13.8 Å². The van der Waals surface area contributed by atoms with Crippen LogP contribution in [0.1, 0.15) is 46.5 Å². The largest absolute Gasteiger partial charge is 0.394 e. The number of fused-ring (bicyclic) bond motifs is 1. The van der Waals surface area contributed by atoms with Gasteiger partial charge in [-0.3, -0.25) is 0 Å². The first-order chi connectivity index (χ1) is 18.6. The lowest BCUT2D eigenvalue weighted by molar-refractivity contribution is -0.331. The molecule has 0 amide bonds. The van der Waals surface area contributed by atoms with Gasteiger partial charge in [-0.15, -0.1) is 0 Å². The zero-order valence-corrected chi connectivity index (χ0v) is 23.2. The van der Waals surface area contributed by atoms with Gasteiger partial charge in [-0.05, 0) is 62.4 Å². The number of aliphatic hydroxyl groups is 9. The highest BCUT2D eigenvalue weighted by atomic mass is 16.7. The molecular weight excluding hydrogens is 532 g/mol. The van der Waals surface area contributed by atoms with Crippen molar-refractivity contribution < 1.29 is 64.9 Å². The van der Waals surface area contributed by atoms with Gasteiger partial charge in [0.25, 0.3) is 0 Å². The molecule has 4 rings (SSSR count). The van der Waals surface area contributed by atoms with Gasteiger partial charge < -0.3 is 64.9 Å². The van der Waals surface area contributed by atoms with E-state index in [9.17, 15) is 46.0 Å². The average Bonchev–Trinajstić information content (AvgIpc) is 2.91. The molecule has 13 nitrogen and oxygen atoms in total. The molecule has 13 heteroatoms. The zero-order chi connectivity index (χ0) is 29.7. The van der Waals surface area contributed by atoms with Crippen LogP contribution in [0.3, 0.4) is 0 Å². The molecule has 2 heterocycles. The molecule has 2 saturated heterocycles. The molecule has 0 aromatic rings. The summed E-state index contributed by atoms with van der Waals surface area (Å²) in [4.78, 5) is 0. The Bertz CT molecular complexity index is 882. The standard InChI is InChI=1S/C27H46O13/c1-11-13-7-12(26(2,3)40-25-23(36)21(34)19(32)16(10-29)39-25)5-6-27(13,4)8-14(17(11)30)37-24-22(35)20(33)18(31)15(9-28)38-24/h12-25,28-36H,1,5-10H2,2-4H3/t12-,13+,14-,15-,16-,17-,18-,19-,20+,21+,22-,23-,24-,25+,27+/m1/s1. The topological polar surface area (TPSA) is 219 Å². The minimum Gasteiger partial charge on any atom is -0.394 e. The lowest BCUT2D eigenvalue weighted by Crippen LogP contribution is -2.62. The molecule has 2 saturated carbocycles. The summed E-state index contributed by atoms with van der Waals surface area (Å²) in [6.07, 6.45) is -13.6. The Morgan fingerprint density at radius 3 is 1.93 bits per heavy atom. The summed E-state index contributed by atoms with van der Waals surface area (Å²) in [7, 11) is 0. The Morgan fingerprint density at radius 2 is 1.38 bits per heavy atom. The summed E-state index contributed by atoms with van der Waals surface area (Å²) in [5.41, 5.74) is -0.661. The van der Waals surface area contributed by atoms with Crippen LogP contribution in [0.2, 0.25) is 0 Å². The smallest absolute Gasteiger partial charge is 0.187 e. The molecule has 0 radical (unpaired) electrons. The van der Waals surface area contributed by atoms with Gasteiger partial charge in [0.05, 0.1) is 24.9 Å². The van der Waals surface area contributed by atoms with E-state index >= 15 is 0 Å². The van der Waals surface area contributed by atoms with Gasteiger partial charge in [0, 0.05) is 0 Å². The molecule has 2 aliphatic carbocycles. The molecule has 15 atom stereocenters. The second kappa shape index (κ2) is 12.1. The Morgan fingerprint density at radius 1 is 0.850 bits per heavy atom. The molecule has 0 unspecified atom stereocenters. The summed E-state index contributed by atoms with van der Waals surface area (Å²) in [6.45, 7) is 8.78. The molecule has 0 aromatic carbocycles. The van der Waals surface area contributed by atoms with E-state index in [1.54, 1.807) is 0 Å². The van der Waals surface area contributed by atoms with E-state index in [0.717, 1.165) is 0 Å². The Labute approximate surface area is 233 Å². The van der Waals surface area contributed by atoms with Crippen LogP contribution in [0.4, 0.5) is 0 Å². The van der Waals surface area contributed by atoms with Crippen LogP contribution in [0.15, 0.2) is 12.2 Å². The van der Waals surface area contributed by atoms with Crippen LogP contribution >= 0.6 is 0 Å². The molecule has 4 fully saturated rings. The predicted molar refractivity (Wildman–Crippen MR) is 136 cm³/mol. The van der Waals surface area contributed by atoms with Gasteiger partial charge in [-0.2, -0.15) is 0 Å². The van der Waals surface area contributed by atoms with Crippen molar-refractivity contribution in [3.63, 3.8) is 0 Å². The molecular formula is C27H46O13. The Kier molecular flexibility index (Phi) is 9.70. The Hall–Kier alpha value is -0.780. The van der Waals surface area contributed by atoms with Crippen molar-refractivity contribution in [2.24, 2.45) is 17.3 Å². The maximum Gasteiger partial charge on any atom is 0.187 e. The highest BCUT2D eigenvalue weighted by molar-refractivity contribution is 5.20. The third-order valence-electron chi connectivity index (χ3n) is 9.68. The van der Waals surface area contributed by atoms with Crippen molar-refractivity contribution in [1.82, 2.24) is 0 Å². The summed E-state index contributed by atoms with van der Waals surface area (Å²) < 4.78 is 23.1. The molecule has 9 N–H and O–H groups in total. The van der Waals surface area contributed by atoms with Crippen molar-refractivity contribution >= 4 is 0 Å². The number of hydrogen-bond donors (Lipinski definition) is 9. The summed E-state index contributed by atoms with van der Waals surface area (Å²) in [5.74, 6) is -0.196. The first-order valence-corrected chi connectivity index (χ1v) is 14.0. The molecule has 232 valence electrons. The van der Waals surface area contributed by atoms with E-state index in [2.05, 4.69) is 13.5 Å². The molecule has 0 bridgehead atoms. The lowest BCUT2D eigenvalue weighted by Gasteiger charge is -2.55. The van der Waals surface area contributed by atoms with Crippen molar-refractivity contribution in [3.05, 3.63) is 12.2 Å². The highest BCUT2D eigenvalue weighted by Crippen LogP contribution is 2.56. The van der Waals surface area contributed by atoms with Gasteiger partial charge in [0.15, 0.2) is 12.6 Å². The summed E-state index contributed by atoms with van der Waals surface area (Å²) in [6, 6.07) is 0. The van der Waals surface area contributed by atoms with E-state index in [4.69, 9.17) is 18.9 Å². The van der Waals surface area contributed by atoms with E-state index in [-0.39, 0.29) is 17.3 Å². The van der Waals surface area contributed by atoms with Crippen molar-refractivity contribution in [1.29, 1.82) is 0 Å². The zero-order valence-electron chi connectivity index (χ0n) is 23.2. The molecule has 0 spiro atoms. The van der Waals surface area contributed by atoms with Crippen molar-refractivity contribution in [2.45, 2.75) is 126 Å². The summed E-state index contributed by atoms with van der Waals surface area (Å²) >= 11 is 0. The number of rotatable bonds is 7.